The molecular formula is C21H14F3N7O6S. The highest BCUT2D eigenvalue weighted by Crippen LogP contribution is 2.43. The van der Waals surface area contributed by atoms with Crippen molar-refractivity contribution in [3.05, 3.63) is 72.9 Å². The molecule has 4 aromatic rings. The minimum atomic E-state index is -4.82. The van der Waals surface area contributed by atoms with E-state index in [1.165, 1.54) is 12.1 Å². The number of hydrogen-bond donors (Lipinski definition) is 2. The highest BCUT2D eigenvalue weighted by molar-refractivity contribution is 7.21. The van der Waals surface area contributed by atoms with Crippen molar-refractivity contribution in [1.29, 1.82) is 0 Å². The van der Waals surface area contributed by atoms with Crippen molar-refractivity contribution in [2.75, 3.05) is 5.32 Å². The van der Waals surface area contributed by atoms with E-state index in [1.807, 2.05) is 0 Å². The van der Waals surface area contributed by atoms with E-state index in [2.05, 4.69) is 15.4 Å². The van der Waals surface area contributed by atoms with Crippen molar-refractivity contribution >= 4 is 50.6 Å². The van der Waals surface area contributed by atoms with Gasteiger partial charge in [-0.3, -0.25) is 19.7 Å². The van der Waals surface area contributed by atoms with Gasteiger partial charge in [-0.25, -0.2) is 4.98 Å². The molecule has 0 saturated heterocycles. The zero-order valence-corrected chi connectivity index (χ0v) is 19.8. The van der Waals surface area contributed by atoms with Crippen molar-refractivity contribution in [1.82, 2.24) is 14.8 Å². The van der Waals surface area contributed by atoms with E-state index in [-0.39, 0.29) is 32.0 Å². The second kappa shape index (κ2) is 9.51. The number of thiophene rings is 1. The van der Waals surface area contributed by atoms with Crippen LogP contribution < -0.4 is 11.1 Å². The second-order valence-electron chi connectivity index (χ2n) is 7.75. The van der Waals surface area contributed by atoms with E-state index in [4.69, 9.17) is 5.73 Å². The Kier molecular flexibility index (Phi) is 6.54. The number of nitro groups is 2. The molecule has 1 aromatic carbocycles. The van der Waals surface area contributed by atoms with Gasteiger partial charge in [-0.15, -0.1) is 11.3 Å². The van der Waals surface area contributed by atoms with Gasteiger partial charge in [0.25, 0.3) is 5.91 Å². The molecule has 0 bridgehead atoms. The van der Waals surface area contributed by atoms with Gasteiger partial charge in [-0.1, -0.05) is 30.3 Å². The summed E-state index contributed by atoms with van der Waals surface area (Å²) in [5, 5.41) is 28.3. The van der Waals surface area contributed by atoms with Gasteiger partial charge in [0.1, 0.15) is 27.6 Å². The summed E-state index contributed by atoms with van der Waals surface area (Å²) >= 11 is 0.536. The zero-order valence-electron chi connectivity index (χ0n) is 19.0. The molecule has 0 unspecified atom stereocenters. The quantitative estimate of drug-likeness (QED) is 0.255. The van der Waals surface area contributed by atoms with Crippen LogP contribution in [0.1, 0.15) is 21.1 Å². The summed E-state index contributed by atoms with van der Waals surface area (Å²) in [6.07, 6.45) is -4.82. The molecule has 196 valence electrons. The molecule has 38 heavy (non-hydrogen) atoms. The average Bonchev–Trinajstić information content (AvgIpc) is 3.36. The average molecular weight is 549 g/mol. The van der Waals surface area contributed by atoms with Gasteiger partial charge in [0.15, 0.2) is 0 Å². The van der Waals surface area contributed by atoms with Crippen molar-refractivity contribution in [3.8, 4) is 11.1 Å². The Morgan fingerprint density at radius 3 is 2.34 bits per heavy atom. The fourth-order valence-electron chi connectivity index (χ4n) is 3.71. The molecule has 0 saturated carbocycles. The second-order valence-corrected chi connectivity index (χ2v) is 8.75. The maximum atomic E-state index is 13.6. The monoisotopic (exact) mass is 549 g/mol. The number of amides is 2. The van der Waals surface area contributed by atoms with Gasteiger partial charge in [-0.2, -0.15) is 17.9 Å². The van der Waals surface area contributed by atoms with E-state index < -0.39 is 51.6 Å². The van der Waals surface area contributed by atoms with Gasteiger partial charge in [0.2, 0.25) is 5.91 Å². The third-order valence-corrected chi connectivity index (χ3v) is 6.43. The summed E-state index contributed by atoms with van der Waals surface area (Å²) in [4.78, 5) is 48.5. The van der Waals surface area contributed by atoms with Gasteiger partial charge in [-0.05, 0) is 29.0 Å². The summed E-state index contributed by atoms with van der Waals surface area (Å²) in [6.45, 7) is 0.390. The van der Waals surface area contributed by atoms with E-state index in [0.29, 0.717) is 16.9 Å². The largest absolute Gasteiger partial charge is 0.468 e. The lowest BCUT2D eigenvalue weighted by Crippen LogP contribution is -2.22. The molecule has 0 aliphatic heterocycles. The van der Waals surface area contributed by atoms with Crippen molar-refractivity contribution in [2.45, 2.75) is 19.6 Å². The lowest BCUT2D eigenvalue weighted by atomic mass is 10.0. The van der Waals surface area contributed by atoms with Crippen LogP contribution >= 0.6 is 11.3 Å². The minimum Gasteiger partial charge on any atom is -0.365 e. The van der Waals surface area contributed by atoms with Crippen LogP contribution in [0, 0.1) is 27.2 Å². The summed E-state index contributed by atoms with van der Waals surface area (Å²) < 4.78 is 41.5. The summed E-state index contributed by atoms with van der Waals surface area (Å²) in [7, 11) is 0. The molecule has 4 rings (SSSR count). The lowest BCUT2D eigenvalue weighted by Gasteiger charge is -2.12. The van der Waals surface area contributed by atoms with Crippen LogP contribution in [0.4, 0.5) is 30.4 Å². The van der Waals surface area contributed by atoms with Gasteiger partial charge in [0, 0.05) is 5.39 Å². The first-order chi connectivity index (χ1) is 17.8. The predicted octanol–water partition coefficient (Wildman–Crippen LogP) is 4.04. The van der Waals surface area contributed by atoms with Crippen molar-refractivity contribution in [3.63, 3.8) is 0 Å². The molecule has 3 N–H and O–H groups in total. The molecular weight excluding hydrogens is 535 g/mol. The smallest absolute Gasteiger partial charge is 0.365 e. The molecule has 0 atom stereocenters. The number of pyridine rings is 1. The van der Waals surface area contributed by atoms with Gasteiger partial charge in [0.05, 0.1) is 15.7 Å². The molecule has 3 aromatic heterocycles. The number of anilines is 1. The van der Waals surface area contributed by atoms with Gasteiger partial charge < -0.3 is 21.2 Å². The molecule has 13 nitrogen and oxygen atoms in total. The number of nitrogens with zero attached hydrogens (tertiary/aromatic N) is 5. The number of nitrogens with two attached hydrogens (primary N) is 1. The fraction of sp³-hybridized carbons (Fsp3) is 0.143. The number of nitrogens with one attached hydrogen (secondary N) is 1. The Balaban J connectivity index is 1.85. The van der Waals surface area contributed by atoms with Gasteiger partial charge >= 0.3 is 17.7 Å². The fourth-order valence-corrected chi connectivity index (χ4v) is 4.72. The highest BCUT2D eigenvalue weighted by atomic mass is 32.1. The molecule has 0 aliphatic carbocycles. The Labute approximate surface area is 213 Å². The van der Waals surface area contributed by atoms with Crippen LogP contribution in [0.15, 0.2) is 36.4 Å². The van der Waals surface area contributed by atoms with Crippen LogP contribution in [-0.4, -0.2) is 36.4 Å². The molecule has 0 fully saturated rings. The van der Waals surface area contributed by atoms with E-state index in [1.54, 1.807) is 18.2 Å². The standard InChI is InChI=1S/C21H14F3N7O6S/c1-9-16(30(34)35)19(31(36)37)28-29(9)8-13(32)27-15-14-11(10-5-3-2-4-6-10)7-12(21(22,23)24)26-20(14)38-17(15)18(25)33/h2-7H,8H2,1H3,(H2,25,33)(H,27,32). The zero-order chi connectivity index (χ0) is 27.9. The first-order valence-corrected chi connectivity index (χ1v) is 11.2. The highest BCUT2D eigenvalue weighted by Gasteiger charge is 2.37. The van der Waals surface area contributed by atoms with E-state index in [9.17, 15) is 43.0 Å². The van der Waals surface area contributed by atoms with Crippen LogP contribution in [0.3, 0.4) is 0 Å². The molecule has 2 amide bonds. The minimum absolute atomic E-state index is 0.00326. The number of primary amides is 1. The summed E-state index contributed by atoms with van der Waals surface area (Å²) in [5.41, 5.74) is 3.11. The number of hydrogen-bond acceptors (Lipinski definition) is 9. The summed E-state index contributed by atoms with van der Waals surface area (Å²) in [5.74, 6) is -3.08. The topological polar surface area (TPSA) is 189 Å². The number of fused-ring (bicyclic) bond motifs is 1. The number of benzene rings is 1. The Hall–Kier alpha value is -4.93. The Morgan fingerprint density at radius 1 is 1.16 bits per heavy atom. The third-order valence-electron chi connectivity index (χ3n) is 5.33. The number of aromatic nitrogens is 3. The molecule has 0 radical (unpaired) electrons. The van der Waals surface area contributed by atoms with Crippen LogP contribution in [0.5, 0.6) is 0 Å². The van der Waals surface area contributed by atoms with E-state index in [0.717, 1.165) is 17.7 Å². The maximum Gasteiger partial charge on any atom is 0.468 e. The van der Waals surface area contributed by atoms with Crippen molar-refractivity contribution in [2.24, 2.45) is 5.73 Å². The van der Waals surface area contributed by atoms with Crippen LogP contribution in [-0.2, 0) is 17.5 Å². The molecule has 0 spiro atoms. The molecule has 17 heteroatoms. The number of rotatable bonds is 7. The first kappa shape index (κ1) is 26.1. The number of halogens is 3. The SMILES string of the molecule is Cc1c([N+](=O)[O-])c([N+](=O)[O-])nn1CC(=O)Nc1c(C(N)=O)sc2nc(C(F)(F)F)cc(-c3ccccc3)c12. The third kappa shape index (κ3) is 4.73. The van der Waals surface area contributed by atoms with Crippen molar-refractivity contribution < 1.29 is 32.6 Å². The number of carbonyl (C=O) groups excluding carboxylic acids is 2. The normalized spacial score (nSPS) is 11.5. The lowest BCUT2D eigenvalue weighted by molar-refractivity contribution is -0.424. The Bertz CT molecular complexity index is 1630. The Morgan fingerprint density at radius 2 is 1.82 bits per heavy atom. The number of alkyl halides is 3. The van der Waals surface area contributed by atoms with Crippen LogP contribution in [0.2, 0.25) is 0 Å². The molecule has 0 aliphatic rings. The predicted molar refractivity (Wildman–Crippen MR) is 127 cm³/mol. The van der Waals surface area contributed by atoms with E-state index >= 15 is 0 Å². The first-order valence-electron chi connectivity index (χ1n) is 10.4. The number of carbonyl (C=O) groups is 2. The summed E-state index contributed by atoms with van der Waals surface area (Å²) in [6, 6.07) is 8.61. The maximum absolute atomic E-state index is 13.6. The van der Waals surface area contributed by atoms with Crippen LogP contribution in [0.25, 0.3) is 21.3 Å². The molecule has 3 heterocycles.